The third kappa shape index (κ3) is 2.33. The van der Waals surface area contributed by atoms with Crippen LogP contribution in [0.2, 0.25) is 0 Å². The number of nitrogens with zero attached hydrogens (tertiary/aromatic N) is 2. The Morgan fingerprint density at radius 3 is 2.32 bits per heavy atom. The molecule has 5 heteroatoms. The molecule has 4 nitrogen and oxygen atoms in total. The van der Waals surface area contributed by atoms with Crippen LogP contribution in [-0.4, -0.2) is 10.1 Å². The van der Waals surface area contributed by atoms with Gasteiger partial charge in [-0.25, -0.2) is 0 Å². The largest absolute Gasteiger partial charge is 0.367 e. The molecule has 0 saturated heterocycles. The van der Waals surface area contributed by atoms with Crippen molar-refractivity contribution in [3.05, 3.63) is 52.4 Å². The van der Waals surface area contributed by atoms with E-state index >= 15 is 0 Å². The van der Waals surface area contributed by atoms with Crippen LogP contribution >= 0.6 is 22.6 Å². The quantitative estimate of drug-likeness (QED) is 0.707. The van der Waals surface area contributed by atoms with E-state index in [2.05, 4.69) is 32.7 Å². The highest BCUT2D eigenvalue weighted by molar-refractivity contribution is 14.1. The van der Waals surface area contributed by atoms with Gasteiger partial charge in [0.15, 0.2) is 0 Å². The summed E-state index contributed by atoms with van der Waals surface area (Å²) in [4.78, 5) is 4.01. The fourth-order valence-corrected chi connectivity index (χ4v) is 2.26. The van der Waals surface area contributed by atoms with Crippen molar-refractivity contribution in [3.63, 3.8) is 0 Å². The molecular weight excluding hydrogens is 353 g/mol. The molecule has 0 saturated carbocycles. The van der Waals surface area contributed by atoms with Crippen LogP contribution in [0, 0.1) is 3.57 Å². The summed E-state index contributed by atoms with van der Waals surface area (Å²) in [7, 11) is 0. The maximum absolute atomic E-state index is 5.89. The molecular formula is C14H10IN3O. The Morgan fingerprint density at radius 1 is 0.947 bits per heavy atom. The van der Waals surface area contributed by atoms with Crippen molar-refractivity contribution in [2.45, 2.75) is 0 Å². The van der Waals surface area contributed by atoms with Gasteiger partial charge in [-0.2, -0.15) is 0 Å². The second-order valence-electron chi connectivity index (χ2n) is 4.01. The molecule has 19 heavy (non-hydrogen) atoms. The molecule has 3 rings (SSSR count). The first-order chi connectivity index (χ1) is 9.25. The van der Waals surface area contributed by atoms with E-state index in [0.717, 1.165) is 22.4 Å². The minimum atomic E-state index is 0.319. The molecule has 0 bridgehead atoms. The fraction of sp³-hybridized carbons (Fsp3) is 0. The predicted octanol–water partition coefficient (Wildman–Crippen LogP) is 3.59. The zero-order chi connectivity index (χ0) is 13.2. The third-order valence-electron chi connectivity index (χ3n) is 2.81. The molecule has 0 aliphatic carbocycles. The van der Waals surface area contributed by atoms with E-state index in [1.807, 2.05) is 36.4 Å². The summed E-state index contributed by atoms with van der Waals surface area (Å²) < 4.78 is 6.31. The van der Waals surface area contributed by atoms with Crippen molar-refractivity contribution in [2.24, 2.45) is 0 Å². The van der Waals surface area contributed by atoms with Crippen LogP contribution in [0.4, 0.5) is 5.88 Å². The molecule has 0 fully saturated rings. The van der Waals surface area contributed by atoms with E-state index in [9.17, 15) is 0 Å². The van der Waals surface area contributed by atoms with Gasteiger partial charge >= 0.3 is 0 Å². The Hall–Kier alpha value is -1.89. The molecule has 0 unspecified atom stereocenters. The van der Waals surface area contributed by atoms with E-state index < -0.39 is 0 Å². The zero-order valence-electron chi connectivity index (χ0n) is 9.88. The lowest BCUT2D eigenvalue weighted by molar-refractivity contribution is 0.439. The first-order valence-electron chi connectivity index (χ1n) is 5.67. The van der Waals surface area contributed by atoms with Crippen LogP contribution < -0.4 is 5.73 Å². The molecule has 2 aromatic heterocycles. The summed E-state index contributed by atoms with van der Waals surface area (Å²) in [5.41, 5.74) is 9.37. The second-order valence-corrected chi connectivity index (χ2v) is 5.26. The number of anilines is 1. The Labute approximate surface area is 123 Å². The molecule has 2 heterocycles. The summed E-state index contributed by atoms with van der Waals surface area (Å²) in [6, 6.07) is 11.8. The molecule has 0 spiro atoms. The standard InChI is InChI=1S/C14H10IN3O/c15-11-3-1-10(2-4-11)13-12(14(16)19-18-13)9-5-7-17-8-6-9/h1-8H,16H2. The minimum absolute atomic E-state index is 0.319. The van der Waals surface area contributed by atoms with Gasteiger partial charge in [0.1, 0.15) is 5.69 Å². The van der Waals surface area contributed by atoms with Gasteiger partial charge < -0.3 is 10.3 Å². The van der Waals surface area contributed by atoms with Gasteiger partial charge in [-0.1, -0.05) is 17.3 Å². The highest BCUT2D eigenvalue weighted by Gasteiger charge is 2.16. The van der Waals surface area contributed by atoms with E-state index in [1.54, 1.807) is 12.4 Å². The maximum Gasteiger partial charge on any atom is 0.230 e. The Bertz CT molecular complexity index is 692. The molecule has 0 atom stereocenters. The van der Waals surface area contributed by atoms with Gasteiger partial charge in [0.05, 0.1) is 5.56 Å². The average Bonchev–Trinajstić information content (AvgIpc) is 2.82. The number of nitrogen functional groups attached to an aromatic ring is 1. The number of benzene rings is 1. The highest BCUT2D eigenvalue weighted by Crippen LogP contribution is 2.35. The van der Waals surface area contributed by atoms with E-state index in [4.69, 9.17) is 10.3 Å². The lowest BCUT2D eigenvalue weighted by Gasteiger charge is -2.02. The number of rotatable bonds is 2. The highest BCUT2D eigenvalue weighted by atomic mass is 127. The van der Waals surface area contributed by atoms with Crippen molar-refractivity contribution < 1.29 is 4.52 Å². The van der Waals surface area contributed by atoms with Crippen molar-refractivity contribution in [2.75, 3.05) is 5.73 Å². The second kappa shape index (κ2) is 5.00. The summed E-state index contributed by atoms with van der Waals surface area (Å²) in [6.45, 7) is 0. The lowest BCUT2D eigenvalue weighted by atomic mass is 10.0. The van der Waals surface area contributed by atoms with Crippen LogP contribution in [0.15, 0.2) is 53.3 Å². The normalized spacial score (nSPS) is 10.6. The fourth-order valence-electron chi connectivity index (χ4n) is 1.91. The van der Waals surface area contributed by atoms with Crippen LogP contribution in [-0.2, 0) is 0 Å². The molecule has 0 aliphatic heterocycles. The van der Waals surface area contributed by atoms with E-state index in [1.165, 1.54) is 3.57 Å². The van der Waals surface area contributed by atoms with Gasteiger partial charge in [-0.3, -0.25) is 4.98 Å². The topological polar surface area (TPSA) is 64.9 Å². The van der Waals surface area contributed by atoms with Crippen molar-refractivity contribution in [1.82, 2.24) is 10.1 Å². The van der Waals surface area contributed by atoms with E-state index in [-0.39, 0.29) is 0 Å². The Kier molecular flexibility index (Phi) is 3.20. The summed E-state index contributed by atoms with van der Waals surface area (Å²) in [6.07, 6.45) is 3.44. The smallest absolute Gasteiger partial charge is 0.230 e. The van der Waals surface area contributed by atoms with Gasteiger partial charge in [-0.15, -0.1) is 0 Å². The zero-order valence-corrected chi connectivity index (χ0v) is 12.0. The number of nitrogens with two attached hydrogens (primary N) is 1. The van der Waals surface area contributed by atoms with Crippen LogP contribution in [0.3, 0.4) is 0 Å². The van der Waals surface area contributed by atoms with Gasteiger partial charge in [0.25, 0.3) is 0 Å². The molecule has 3 aromatic rings. The molecule has 94 valence electrons. The number of aromatic nitrogens is 2. The van der Waals surface area contributed by atoms with Crippen molar-refractivity contribution in [1.29, 1.82) is 0 Å². The number of hydrogen-bond acceptors (Lipinski definition) is 4. The van der Waals surface area contributed by atoms with Crippen LogP contribution in [0.25, 0.3) is 22.4 Å². The molecule has 0 radical (unpaired) electrons. The predicted molar refractivity (Wildman–Crippen MR) is 82.3 cm³/mol. The average molecular weight is 363 g/mol. The minimum Gasteiger partial charge on any atom is -0.367 e. The van der Waals surface area contributed by atoms with Gasteiger partial charge in [0.2, 0.25) is 5.88 Å². The van der Waals surface area contributed by atoms with Gasteiger partial charge in [0, 0.05) is 21.5 Å². The monoisotopic (exact) mass is 363 g/mol. The first-order valence-corrected chi connectivity index (χ1v) is 6.75. The summed E-state index contributed by atoms with van der Waals surface area (Å²) >= 11 is 2.26. The van der Waals surface area contributed by atoms with Crippen LogP contribution in [0.1, 0.15) is 0 Å². The van der Waals surface area contributed by atoms with E-state index in [0.29, 0.717) is 5.88 Å². The summed E-state index contributed by atoms with van der Waals surface area (Å²) in [5.74, 6) is 0.319. The maximum atomic E-state index is 5.89. The lowest BCUT2D eigenvalue weighted by Crippen LogP contribution is -1.88. The number of pyridine rings is 1. The molecule has 1 aromatic carbocycles. The van der Waals surface area contributed by atoms with Crippen molar-refractivity contribution in [3.8, 4) is 22.4 Å². The molecule has 0 amide bonds. The van der Waals surface area contributed by atoms with Crippen LogP contribution in [0.5, 0.6) is 0 Å². The third-order valence-corrected chi connectivity index (χ3v) is 3.52. The molecule has 2 N–H and O–H groups in total. The first kappa shape index (κ1) is 12.2. The number of halogens is 1. The Morgan fingerprint density at radius 2 is 1.63 bits per heavy atom. The number of hydrogen-bond donors (Lipinski definition) is 1. The Balaban J connectivity index is 2.16. The van der Waals surface area contributed by atoms with Gasteiger partial charge in [-0.05, 0) is 52.4 Å². The summed E-state index contributed by atoms with van der Waals surface area (Å²) in [5, 5.41) is 4.07. The van der Waals surface area contributed by atoms with Crippen molar-refractivity contribution >= 4 is 28.5 Å². The SMILES string of the molecule is Nc1onc(-c2ccc(I)cc2)c1-c1ccncc1. The molecule has 0 aliphatic rings.